The van der Waals surface area contributed by atoms with Crippen molar-refractivity contribution >= 4 is 21.6 Å². The maximum atomic E-state index is 12.3. The van der Waals surface area contributed by atoms with Crippen molar-refractivity contribution in [3.05, 3.63) is 70.8 Å². The summed E-state index contributed by atoms with van der Waals surface area (Å²) < 4.78 is 3.10. The van der Waals surface area contributed by atoms with Gasteiger partial charge in [0.1, 0.15) is 0 Å². The highest BCUT2D eigenvalue weighted by Gasteiger charge is 2.14. The van der Waals surface area contributed by atoms with Crippen molar-refractivity contribution in [1.82, 2.24) is 14.2 Å². The molecule has 0 aliphatic heterocycles. The number of hydrogen-bond acceptors (Lipinski definition) is 2. The van der Waals surface area contributed by atoms with Crippen LogP contribution in [-0.4, -0.2) is 19.5 Å². The van der Waals surface area contributed by atoms with E-state index >= 15 is 0 Å². The van der Waals surface area contributed by atoms with Crippen LogP contribution in [0, 0.1) is 0 Å². The van der Waals surface area contributed by atoms with Gasteiger partial charge in [-0.1, -0.05) is 52.3 Å². The fourth-order valence-electron chi connectivity index (χ4n) is 2.26. The second kappa shape index (κ2) is 5.63. The largest absolute Gasteiger partial charge is 0.350 e. The lowest BCUT2D eigenvalue weighted by atomic mass is 10.0. The molecule has 102 valence electrons. The summed E-state index contributed by atoms with van der Waals surface area (Å²) in [5.41, 5.74) is 1.79. The Kier molecular flexibility index (Phi) is 3.69. The molecule has 1 aromatic carbocycles. The van der Waals surface area contributed by atoms with Gasteiger partial charge in [-0.25, -0.2) is 9.48 Å². The second-order valence-electron chi connectivity index (χ2n) is 4.66. The second-order valence-corrected chi connectivity index (χ2v) is 5.30. The van der Waals surface area contributed by atoms with E-state index in [1.165, 1.54) is 10.2 Å². The van der Waals surface area contributed by atoms with E-state index in [0.717, 1.165) is 5.33 Å². The molecule has 2 heterocycles. The van der Waals surface area contributed by atoms with Crippen molar-refractivity contribution in [2.24, 2.45) is 0 Å². The van der Waals surface area contributed by atoms with Crippen LogP contribution >= 0.6 is 15.9 Å². The quantitative estimate of drug-likeness (QED) is 0.689. The van der Waals surface area contributed by atoms with Gasteiger partial charge in [-0.05, 0) is 17.7 Å². The van der Waals surface area contributed by atoms with Gasteiger partial charge in [-0.3, -0.25) is 4.40 Å². The predicted octanol–water partition coefficient (Wildman–Crippen LogP) is 2.67. The smallest absolute Gasteiger partial charge is 0.250 e. The average molecular weight is 332 g/mol. The normalized spacial score (nSPS) is 12.7. The van der Waals surface area contributed by atoms with Crippen LogP contribution in [0.4, 0.5) is 0 Å². The minimum Gasteiger partial charge on any atom is -0.250 e. The van der Waals surface area contributed by atoms with Crippen LogP contribution < -0.4 is 5.69 Å². The molecule has 0 bridgehead atoms. The van der Waals surface area contributed by atoms with Gasteiger partial charge in [0.25, 0.3) is 0 Å². The highest BCUT2D eigenvalue weighted by molar-refractivity contribution is 9.09. The highest BCUT2D eigenvalue weighted by atomic mass is 79.9. The number of nitrogens with zero attached hydrogens (tertiary/aromatic N) is 3. The standard InChI is InChI=1S/C15H14BrN3O/c16-10-13(12-6-2-1-3-7-12)11-19-15(20)18-9-5-4-8-14(18)17-19/h1-9,13H,10-11H2. The Hall–Kier alpha value is -1.88. The lowest BCUT2D eigenvalue weighted by Crippen LogP contribution is -2.24. The zero-order chi connectivity index (χ0) is 13.9. The summed E-state index contributed by atoms with van der Waals surface area (Å²) in [5.74, 6) is 0.221. The summed E-state index contributed by atoms with van der Waals surface area (Å²) in [7, 11) is 0. The van der Waals surface area contributed by atoms with E-state index in [-0.39, 0.29) is 11.6 Å². The van der Waals surface area contributed by atoms with E-state index in [0.29, 0.717) is 12.2 Å². The molecule has 0 fully saturated rings. The lowest BCUT2D eigenvalue weighted by Gasteiger charge is -2.13. The van der Waals surface area contributed by atoms with E-state index in [1.807, 2.05) is 36.4 Å². The van der Waals surface area contributed by atoms with Gasteiger partial charge in [0.15, 0.2) is 5.65 Å². The minimum absolute atomic E-state index is 0.0949. The van der Waals surface area contributed by atoms with E-state index in [4.69, 9.17) is 0 Å². The molecule has 0 spiro atoms. The molecule has 5 heteroatoms. The Balaban J connectivity index is 1.96. The van der Waals surface area contributed by atoms with Crippen LogP contribution in [0.25, 0.3) is 5.65 Å². The number of fused-ring (bicyclic) bond motifs is 1. The zero-order valence-electron chi connectivity index (χ0n) is 10.8. The molecular weight excluding hydrogens is 318 g/mol. The number of benzene rings is 1. The number of pyridine rings is 1. The van der Waals surface area contributed by atoms with Crippen LogP contribution in [0.3, 0.4) is 0 Å². The molecule has 0 saturated heterocycles. The number of rotatable bonds is 4. The summed E-state index contributed by atoms with van der Waals surface area (Å²) in [6, 6.07) is 15.7. The van der Waals surface area contributed by atoms with Crippen LogP contribution in [-0.2, 0) is 6.54 Å². The Morgan fingerprint density at radius 1 is 1.10 bits per heavy atom. The molecule has 1 unspecified atom stereocenters. The molecule has 0 saturated carbocycles. The van der Waals surface area contributed by atoms with Gasteiger partial charge in [0.05, 0.1) is 6.54 Å². The summed E-state index contributed by atoms with van der Waals surface area (Å²) in [6.45, 7) is 0.565. The topological polar surface area (TPSA) is 39.3 Å². The minimum atomic E-state index is -0.0949. The maximum Gasteiger partial charge on any atom is 0.350 e. The molecule has 0 amide bonds. The Labute approximate surface area is 124 Å². The summed E-state index contributed by atoms with van der Waals surface area (Å²) in [6.07, 6.45) is 1.74. The molecule has 20 heavy (non-hydrogen) atoms. The Morgan fingerprint density at radius 3 is 2.55 bits per heavy atom. The number of aromatic nitrogens is 3. The van der Waals surface area contributed by atoms with Gasteiger partial charge in [0.2, 0.25) is 0 Å². The Bertz CT molecular complexity index is 763. The third-order valence-electron chi connectivity index (χ3n) is 3.34. The summed E-state index contributed by atoms with van der Waals surface area (Å²) in [5, 5.41) is 5.16. The number of halogens is 1. The highest BCUT2D eigenvalue weighted by Crippen LogP contribution is 2.19. The molecule has 0 N–H and O–H groups in total. The molecular formula is C15H14BrN3O. The lowest BCUT2D eigenvalue weighted by molar-refractivity contribution is 0.533. The van der Waals surface area contributed by atoms with Crippen molar-refractivity contribution in [2.45, 2.75) is 12.5 Å². The van der Waals surface area contributed by atoms with Crippen molar-refractivity contribution in [1.29, 1.82) is 0 Å². The van der Waals surface area contributed by atoms with Gasteiger partial charge in [-0.2, -0.15) is 0 Å². The first kappa shape index (κ1) is 13.1. The van der Waals surface area contributed by atoms with Gasteiger partial charge < -0.3 is 0 Å². The van der Waals surface area contributed by atoms with Gasteiger partial charge in [-0.15, -0.1) is 5.10 Å². The first-order chi connectivity index (χ1) is 9.79. The van der Waals surface area contributed by atoms with Crippen LogP contribution in [0.2, 0.25) is 0 Å². The van der Waals surface area contributed by atoms with Crippen molar-refractivity contribution < 1.29 is 0 Å². The third-order valence-corrected chi connectivity index (χ3v) is 4.12. The predicted molar refractivity (Wildman–Crippen MR) is 82.4 cm³/mol. The van der Waals surface area contributed by atoms with Gasteiger partial charge in [0, 0.05) is 17.4 Å². The van der Waals surface area contributed by atoms with Crippen molar-refractivity contribution in [3.8, 4) is 0 Å². The molecule has 0 radical (unpaired) electrons. The first-order valence-corrected chi connectivity index (χ1v) is 7.57. The van der Waals surface area contributed by atoms with Crippen molar-refractivity contribution in [2.75, 3.05) is 5.33 Å². The number of hydrogen-bond donors (Lipinski definition) is 0. The zero-order valence-corrected chi connectivity index (χ0v) is 12.4. The molecule has 3 aromatic rings. The molecule has 1 atom stereocenters. The summed E-state index contributed by atoms with van der Waals surface area (Å²) in [4.78, 5) is 12.3. The molecule has 4 nitrogen and oxygen atoms in total. The Morgan fingerprint density at radius 2 is 1.85 bits per heavy atom. The summed E-state index contributed by atoms with van der Waals surface area (Å²) >= 11 is 3.53. The fourth-order valence-corrected chi connectivity index (χ4v) is 2.84. The molecule has 3 rings (SSSR count). The monoisotopic (exact) mass is 331 g/mol. The molecule has 2 aromatic heterocycles. The van der Waals surface area contributed by atoms with E-state index in [2.05, 4.69) is 33.2 Å². The third kappa shape index (κ3) is 2.41. The van der Waals surface area contributed by atoms with E-state index < -0.39 is 0 Å². The first-order valence-electron chi connectivity index (χ1n) is 6.44. The average Bonchev–Trinajstić information content (AvgIpc) is 2.82. The van der Waals surface area contributed by atoms with Crippen molar-refractivity contribution in [3.63, 3.8) is 0 Å². The van der Waals surface area contributed by atoms with Crippen LogP contribution in [0.1, 0.15) is 11.5 Å². The molecule has 0 aliphatic rings. The maximum absolute atomic E-state index is 12.3. The fraction of sp³-hybridized carbons (Fsp3) is 0.200. The van der Waals surface area contributed by atoms with E-state index in [1.54, 1.807) is 10.6 Å². The van der Waals surface area contributed by atoms with Gasteiger partial charge >= 0.3 is 5.69 Å². The van der Waals surface area contributed by atoms with Crippen LogP contribution in [0.5, 0.6) is 0 Å². The molecule has 0 aliphatic carbocycles. The number of alkyl halides is 1. The van der Waals surface area contributed by atoms with E-state index in [9.17, 15) is 4.79 Å². The van der Waals surface area contributed by atoms with Crippen LogP contribution in [0.15, 0.2) is 59.5 Å². The SMILES string of the molecule is O=c1n(CC(CBr)c2ccccc2)nc2ccccn12.